The number of hydrogen-bond donors (Lipinski definition) is 1. The lowest BCUT2D eigenvalue weighted by molar-refractivity contribution is -0.194. The van der Waals surface area contributed by atoms with Crippen LogP contribution in [0.15, 0.2) is 11.3 Å². The van der Waals surface area contributed by atoms with E-state index in [0.29, 0.717) is 43.0 Å². The molecule has 4 saturated carbocycles. The van der Waals surface area contributed by atoms with Crippen LogP contribution in [0.25, 0.3) is 0 Å². The summed E-state index contributed by atoms with van der Waals surface area (Å²) in [5, 5.41) is 9.67. The van der Waals surface area contributed by atoms with Gasteiger partial charge in [0.2, 0.25) is 0 Å². The molecule has 6 nitrogen and oxygen atoms in total. The van der Waals surface area contributed by atoms with Crippen LogP contribution in [0.3, 0.4) is 0 Å². The number of carboxylic acids is 1. The molecule has 0 spiro atoms. The quantitative estimate of drug-likeness (QED) is 0.405. The average molecular weight is 364 g/mol. The van der Waals surface area contributed by atoms with Crippen molar-refractivity contribution in [2.24, 2.45) is 17.3 Å². The molecule has 0 aromatic heterocycles. The van der Waals surface area contributed by atoms with Gasteiger partial charge in [0.05, 0.1) is 31.0 Å². The average Bonchev–Trinajstić information content (AvgIpc) is 3.46. The fourth-order valence-electron chi connectivity index (χ4n) is 6.14. The molecule has 1 N–H and O–H groups in total. The summed E-state index contributed by atoms with van der Waals surface area (Å²) in [5.41, 5.74) is 0.0408. The fraction of sp³-hybridized carbons (Fsp3) is 0.850. The Morgan fingerprint density at radius 3 is 2.27 bits per heavy atom. The van der Waals surface area contributed by atoms with Crippen molar-refractivity contribution in [3.8, 4) is 0 Å². The zero-order valence-corrected chi connectivity index (χ0v) is 15.4. The lowest BCUT2D eigenvalue weighted by Gasteiger charge is -2.62. The van der Waals surface area contributed by atoms with E-state index < -0.39 is 5.97 Å². The molecule has 4 bridgehead atoms. The van der Waals surface area contributed by atoms with Gasteiger partial charge in [-0.2, -0.15) is 0 Å². The van der Waals surface area contributed by atoms with Crippen LogP contribution in [0.4, 0.5) is 0 Å². The molecular weight excluding hydrogens is 336 g/mol. The molecule has 2 heterocycles. The number of carbonyl (C=O) groups is 1. The minimum absolute atomic E-state index is 0.123. The molecule has 4 unspecified atom stereocenters. The fourth-order valence-corrected chi connectivity index (χ4v) is 6.14. The van der Waals surface area contributed by atoms with Crippen molar-refractivity contribution < 1.29 is 28.8 Å². The van der Waals surface area contributed by atoms with Gasteiger partial charge in [0.15, 0.2) is 0 Å². The molecule has 0 amide bonds. The monoisotopic (exact) mass is 364 g/mol. The summed E-state index contributed by atoms with van der Waals surface area (Å²) in [6, 6.07) is 0. The van der Waals surface area contributed by atoms with Gasteiger partial charge in [-0.15, -0.1) is 0 Å². The van der Waals surface area contributed by atoms with Crippen molar-refractivity contribution in [1.29, 1.82) is 0 Å². The number of aliphatic carboxylic acids is 1. The third-order valence-electron chi connectivity index (χ3n) is 6.94. The molecule has 2 saturated heterocycles. The van der Waals surface area contributed by atoms with Gasteiger partial charge in [-0.1, -0.05) is 0 Å². The van der Waals surface area contributed by atoms with Crippen molar-refractivity contribution in [2.45, 2.75) is 63.3 Å². The molecule has 144 valence electrons. The van der Waals surface area contributed by atoms with Crippen LogP contribution >= 0.6 is 0 Å². The summed E-state index contributed by atoms with van der Waals surface area (Å²) in [4.78, 5) is 11.8. The smallest absolute Gasteiger partial charge is 0.334 e. The van der Waals surface area contributed by atoms with E-state index in [1.165, 1.54) is 6.42 Å². The Balaban J connectivity index is 1.44. The Morgan fingerprint density at radius 1 is 1.08 bits per heavy atom. The number of hydrogen-bond acceptors (Lipinski definition) is 5. The van der Waals surface area contributed by atoms with Gasteiger partial charge in [0.1, 0.15) is 24.6 Å². The van der Waals surface area contributed by atoms with Crippen LogP contribution in [0.5, 0.6) is 0 Å². The summed E-state index contributed by atoms with van der Waals surface area (Å²) in [5.74, 6) is 1.03. The van der Waals surface area contributed by atoms with Crippen molar-refractivity contribution in [3.05, 3.63) is 11.3 Å². The summed E-state index contributed by atoms with van der Waals surface area (Å²) in [7, 11) is 0. The number of allylic oxidation sites excluding steroid dienone is 1. The Hall–Kier alpha value is -1.11. The Bertz CT molecular complexity index is 618. The second-order valence-electron chi connectivity index (χ2n) is 9.22. The van der Waals surface area contributed by atoms with Gasteiger partial charge in [0.25, 0.3) is 0 Å². The highest BCUT2D eigenvalue weighted by Gasteiger charge is 2.61. The molecule has 6 heteroatoms. The van der Waals surface area contributed by atoms with Gasteiger partial charge in [-0.3, -0.25) is 0 Å². The predicted molar refractivity (Wildman–Crippen MR) is 91.6 cm³/mol. The molecule has 6 fully saturated rings. The second kappa shape index (κ2) is 5.94. The van der Waals surface area contributed by atoms with Gasteiger partial charge in [-0.05, 0) is 57.3 Å². The van der Waals surface area contributed by atoms with E-state index in [4.69, 9.17) is 18.9 Å². The number of rotatable bonds is 8. The van der Waals surface area contributed by atoms with E-state index in [1.54, 1.807) is 6.92 Å². The zero-order chi connectivity index (χ0) is 17.9. The molecule has 2 aliphatic heterocycles. The first-order valence-corrected chi connectivity index (χ1v) is 9.92. The van der Waals surface area contributed by atoms with Crippen molar-refractivity contribution in [1.82, 2.24) is 0 Å². The van der Waals surface area contributed by atoms with E-state index in [2.05, 4.69) is 0 Å². The maximum Gasteiger partial charge on any atom is 0.334 e. The molecule has 0 aromatic carbocycles. The van der Waals surface area contributed by atoms with Crippen molar-refractivity contribution in [3.63, 3.8) is 0 Å². The first kappa shape index (κ1) is 17.0. The first-order chi connectivity index (χ1) is 12.5. The van der Waals surface area contributed by atoms with E-state index in [1.807, 2.05) is 0 Å². The molecule has 0 aromatic rings. The molecular formula is C20H28O6. The Kier molecular flexibility index (Phi) is 3.89. The van der Waals surface area contributed by atoms with Crippen LogP contribution < -0.4 is 0 Å². The van der Waals surface area contributed by atoms with Crippen LogP contribution in [0.2, 0.25) is 0 Å². The van der Waals surface area contributed by atoms with E-state index in [0.717, 1.165) is 38.7 Å². The zero-order valence-electron chi connectivity index (χ0n) is 15.4. The largest absolute Gasteiger partial charge is 0.494 e. The molecule has 6 aliphatic rings. The minimum atomic E-state index is -0.881. The summed E-state index contributed by atoms with van der Waals surface area (Å²) in [6.45, 7) is 4.34. The highest BCUT2D eigenvalue weighted by molar-refractivity contribution is 5.86. The molecule has 26 heavy (non-hydrogen) atoms. The lowest BCUT2D eigenvalue weighted by atomic mass is 9.47. The molecule has 4 atom stereocenters. The summed E-state index contributed by atoms with van der Waals surface area (Å²) in [6.07, 6.45) is 6.77. The minimum Gasteiger partial charge on any atom is -0.494 e. The third-order valence-corrected chi connectivity index (χ3v) is 6.94. The second-order valence-corrected chi connectivity index (χ2v) is 9.22. The van der Waals surface area contributed by atoms with Gasteiger partial charge >= 0.3 is 5.97 Å². The van der Waals surface area contributed by atoms with Crippen molar-refractivity contribution >= 4 is 5.97 Å². The highest BCUT2D eigenvalue weighted by Crippen LogP contribution is 2.65. The molecule has 6 rings (SSSR count). The van der Waals surface area contributed by atoms with E-state index in [-0.39, 0.29) is 23.2 Å². The third kappa shape index (κ3) is 3.06. The number of epoxide rings is 2. The van der Waals surface area contributed by atoms with Gasteiger partial charge in [-0.25, -0.2) is 4.79 Å². The van der Waals surface area contributed by atoms with Crippen LogP contribution in [0.1, 0.15) is 45.4 Å². The maximum absolute atomic E-state index is 11.8. The Morgan fingerprint density at radius 2 is 1.69 bits per heavy atom. The number of carboxylic acid groups (broad SMARTS) is 1. The lowest BCUT2D eigenvalue weighted by Crippen LogP contribution is -2.58. The van der Waals surface area contributed by atoms with E-state index in [9.17, 15) is 9.90 Å². The summed E-state index contributed by atoms with van der Waals surface area (Å²) >= 11 is 0. The van der Waals surface area contributed by atoms with Crippen LogP contribution in [-0.4, -0.2) is 55.3 Å². The molecule has 0 radical (unpaired) electrons. The Labute approximate surface area is 153 Å². The summed E-state index contributed by atoms with van der Waals surface area (Å²) < 4.78 is 23.2. The highest BCUT2D eigenvalue weighted by atomic mass is 16.6. The maximum atomic E-state index is 11.8. The normalized spacial score (nSPS) is 46.0. The van der Waals surface area contributed by atoms with Crippen molar-refractivity contribution in [2.75, 3.05) is 26.4 Å². The van der Waals surface area contributed by atoms with Gasteiger partial charge in [0, 0.05) is 5.41 Å². The van der Waals surface area contributed by atoms with Gasteiger partial charge < -0.3 is 24.1 Å². The van der Waals surface area contributed by atoms with E-state index >= 15 is 0 Å². The molecule has 4 aliphatic carbocycles. The van der Waals surface area contributed by atoms with Crippen LogP contribution in [0, 0.1) is 17.3 Å². The first-order valence-electron chi connectivity index (χ1n) is 9.92. The predicted octanol–water partition coefficient (Wildman–Crippen LogP) is 2.51. The topological polar surface area (TPSA) is 80.8 Å². The number of ether oxygens (including phenoxy) is 4. The standard InChI is InChI=1S/C20H28O6/c1-12(18(21)22)17(25-9-15-7-23-15)19-3-13-2-14(4-19)6-20(5-13,11-19)26-10-16-8-24-16/h13-16H,2-11H2,1H3,(H,21,22). The van der Waals surface area contributed by atoms with Crippen LogP contribution in [-0.2, 0) is 23.7 Å². The SMILES string of the molecule is CC(C(=O)O)=C(OCC1CO1)C12CC3CC(CC(OCC4CO4)(C3)C1)C2.